The molecule has 0 aromatic heterocycles. The van der Waals surface area contributed by atoms with Gasteiger partial charge >= 0.3 is 0 Å². The Kier molecular flexibility index (Phi) is 3.69. The Morgan fingerprint density at radius 2 is 2.15 bits per heavy atom. The van der Waals surface area contributed by atoms with Crippen LogP contribution in [0.3, 0.4) is 0 Å². The van der Waals surface area contributed by atoms with Crippen molar-refractivity contribution in [3.05, 3.63) is 29.6 Å². The maximum Gasteiger partial charge on any atom is 0.123 e. The van der Waals surface area contributed by atoms with Crippen LogP contribution in [0.15, 0.2) is 18.2 Å². The van der Waals surface area contributed by atoms with Gasteiger partial charge in [-0.3, -0.25) is 4.90 Å². The van der Waals surface area contributed by atoms with E-state index >= 15 is 0 Å². The number of anilines is 1. The topological polar surface area (TPSA) is 32.5 Å². The first-order valence-corrected chi connectivity index (χ1v) is 7.62. The highest BCUT2D eigenvalue weighted by Crippen LogP contribution is 2.33. The van der Waals surface area contributed by atoms with Gasteiger partial charge in [-0.15, -0.1) is 0 Å². The monoisotopic (exact) mass is 277 g/mol. The molecular weight excluding hydrogens is 253 g/mol. The lowest BCUT2D eigenvalue weighted by Crippen LogP contribution is -2.55. The molecule has 2 fully saturated rings. The third-order valence-electron chi connectivity index (χ3n) is 4.73. The second kappa shape index (κ2) is 5.34. The van der Waals surface area contributed by atoms with Crippen LogP contribution in [0.2, 0.25) is 0 Å². The summed E-state index contributed by atoms with van der Waals surface area (Å²) < 4.78 is 13.5. The summed E-state index contributed by atoms with van der Waals surface area (Å²) in [6.07, 6.45) is 2.58. The van der Waals surface area contributed by atoms with E-state index in [2.05, 4.69) is 16.7 Å². The molecule has 0 aliphatic carbocycles. The zero-order valence-electron chi connectivity index (χ0n) is 12.3. The number of nitrogens with two attached hydrogens (primary N) is 1. The number of fused-ring (bicyclic) bond motifs is 1. The fourth-order valence-electron chi connectivity index (χ4n) is 3.67. The van der Waals surface area contributed by atoms with Gasteiger partial charge in [-0.2, -0.15) is 0 Å². The number of hydrogen-bond acceptors (Lipinski definition) is 3. The van der Waals surface area contributed by atoms with Gasteiger partial charge in [0.15, 0.2) is 0 Å². The standard InChI is InChI=1S/C16H24FN3/c1-11-9-19-7-3-4-14(19)10-20(11)16-6-5-13(17)8-15(16)12(2)18/h5-6,8,11-12,14H,3-4,7,9-10,18H2,1-2H3/t11?,12-,14?/m1/s1. The summed E-state index contributed by atoms with van der Waals surface area (Å²) in [5, 5.41) is 0. The van der Waals surface area contributed by atoms with E-state index < -0.39 is 0 Å². The van der Waals surface area contributed by atoms with Crippen molar-refractivity contribution < 1.29 is 4.39 Å². The molecule has 110 valence electrons. The third kappa shape index (κ3) is 2.42. The van der Waals surface area contributed by atoms with Crippen molar-refractivity contribution in [1.29, 1.82) is 0 Å². The number of halogens is 1. The van der Waals surface area contributed by atoms with Crippen molar-refractivity contribution in [2.24, 2.45) is 5.73 Å². The van der Waals surface area contributed by atoms with Crippen molar-refractivity contribution in [2.45, 2.75) is 44.8 Å². The number of rotatable bonds is 2. The zero-order valence-corrected chi connectivity index (χ0v) is 12.3. The van der Waals surface area contributed by atoms with Gasteiger partial charge in [0.2, 0.25) is 0 Å². The molecule has 3 nitrogen and oxygen atoms in total. The van der Waals surface area contributed by atoms with Crippen LogP contribution >= 0.6 is 0 Å². The summed E-state index contributed by atoms with van der Waals surface area (Å²) in [6.45, 7) is 7.54. The molecule has 2 unspecified atom stereocenters. The largest absolute Gasteiger partial charge is 0.366 e. The first-order valence-electron chi connectivity index (χ1n) is 7.62. The summed E-state index contributed by atoms with van der Waals surface area (Å²) in [4.78, 5) is 5.01. The van der Waals surface area contributed by atoms with Crippen LogP contribution in [-0.2, 0) is 0 Å². The molecule has 3 rings (SSSR count). The van der Waals surface area contributed by atoms with Gasteiger partial charge in [0.1, 0.15) is 5.82 Å². The Labute approximate surface area is 120 Å². The van der Waals surface area contributed by atoms with E-state index in [4.69, 9.17) is 5.73 Å². The molecule has 0 spiro atoms. The zero-order chi connectivity index (χ0) is 14.3. The van der Waals surface area contributed by atoms with Crippen LogP contribution in [0.4, 0.5) is 10.1 Å². The van der Waals surface area contributed by atoms with Crippen molar-refractivity contribution >= 4 is 5.69 Å². The summed E-state index contributed by atoms with van der Waals surface area (Å²) in [5.74, 6) is -0.201. The molecule has 0 radical (unpaired) electrons. The minimum Gasteiger partial charge on any atom is -0.366 e. The van der Waals surface area contributed by atoms with Crippen LogP contribution in [0, 0.1) is 5.82 Å². The molecule has 2 N–H and O–H groups in total. The van der Waals surface area contributed by atoms with E-state index in [0.717, 1.165) is 24.3 Å². The minimum atomic E-state index is -0.201. The minimum absolute atomic E-state index is 0.144. The molecule has 0 bridgehead atoms. The van der Waals surface area contributed by atoms with Gasteiger partial charge < -0.3 is 10.6 Å². The molecule has 2 heterocycles. The van der Waals surface area contributed by atoms with E-state index in [1.807, 2.05) is 13.0 Å². The van der Waals surface area contributed by atoms with Crippen LogP contribution in [0.1, 0.15) is 38.3 Å². The molecule has 3 atom stereocenters. The lowest BCUT2D eigenvalue weighted by Gasteiger charge is -2.44. The molecule has 4 heteroatoms. The smallest absolute Gasteiger partial charge is 0.123 e. The summed E-state index contributed by atoms with van der Waals surface area (Å²) in [7, 11) is 0. The van der Waals surface area contributed by atoms with Crippen molar-refractivity contribution in [1.82, 2.24) is 4.90 Å². The van der Waals surface area contributed by atoms with Crippen LogP contribution in [0.5, 0.6) is 0 Å². The van der Waals surface area contributed by atoms with E-state index in [0.29, 0.717) is 12.1 Å². The first-order chi connectivity index (χ1) is 9.56. The Morgan fingerprint density at radius 3 is 2.90 bits per heavy atom. The summed E-state index contributed by atoms with van der Waals surface area (Å²) in [6, 6.07) is 6.00. The summed E-state index contributed by atoms with van der Waals surface area (Å²) in [5.41, 5.74) is 8.07. The summed E-state index contributed by atoms with van der Waals surface area (Å²) >= 11 is 0. The van der Waals surface area contributed by atoms with Gasteiger partial charge in [-0.1, -0.05) is 0 Å². The predicted octanol–water partition coefficient (Wildman–Crippen LogP) is 2.52. The molecule has 2 aliphatic rings. The highest BCUT2D eigenvalue weighted by molar-refractivity contribution is 5.56. The van der Waals surface area contributed by atoms with Crippen molar-refractivity contribution in [2.75, 3.05) is 24.5 Å². The van der Waals surface area contributed by atoms with Gasteiger partial charge in [-0.25, -0.2) is 4.39 Å². The van der Waals surface area contributed by atoms with Crippen molar-refractivity contribution in [3.63, 3.8) is 0 Å². The first kappa shape index (κ1) is 13.8. The van der Waals surface area contributed by atoms with Gasteiger partial charge in [-0.05, 0) is 57.0 Å². The average molecular weight is 277 g/mol. The molecule has 1 aromatic rings. The maximum atomic E-state index is 13.5. The average Bonchev–Trinajstić information content (AvgIpc) is 2.85. The fraction of sp³-hybridized carbons (Fsp3) is 0.625. The number of piperazine rings is 1. The Bertz CT molecular complexity index is 489. The van der Waals surface area contributed by atoms with Gasteiger partial charge in [0.25, 0.3) is 0 Å². The normalized spacial score (nSPS) is 28.5. The van der Waals surface area contributed by atoms with E-state index in [-0.39, 0.29) is 11.9 Å². The van der Waals surface area contributed by atoms with E-state index in [9.17, 15) is 4.39 Å². The molecule has 0 saturated carbocycles. The molecule has 0 amide bonds. The Morgan fingerprint density at radius 1 is 1.35 bits per heavy atom. The number of hydrogen-bond donors (Lipinski definition) is 1. The van der Waals surface area contributed by atoms with Crippen LogP contribution in [-0.4, -0.2) is 36.6 Å². The Balaban J connectivity index is 1.91. The van der Waals surface area contributed by atoms with E-state index in [1.54, 1.807) is 12.1 Å². The molecular formula is C16H24FN3. The lowest BCUT2D eigenvalue weighted by atomic mass is 10.0. The fourth-order valence-corrected chi connectivity index (χ4v) is 3.67. The van der Waals surface area contributed by atoms with Crippen LogP contribution in [0.25, 0.3) is 0 Å². The van der Waals surface area contributed by atoms with E-state index in [1.165, 1.54) is 19.4 Å². The van der Waals surface area contributed by atoms with Crippen molar-refractivity contribution in [3.8, 4) is 0 Å². The van der Waals surface area contributed by atoms with Gasteiger partial charge in [0, 0.05) is 36.9 Å². The van der Waals surface area contributed by atoms with Crippen LogP contribution < -0.4 is 10.6 Å². The SMILES string of the molecule is CC1CN2CCCC2CN1c1ccc(F)cc1[C@@H](C)N. The third-order valence-corrected chi connectivity index (χ3v) is 4.73. The maximum absolute atomic E-state index is 13.5. The quantitative estimate of drug-likeness (QED) is 0.901. The number of benzene rings is 1. The molecule has 2 aliphatic heterocycles. The highest BCUT2D eigenvalue weighted by atomic mass is 19.1. The van der Waals surface area contributed by atoms with Gasteiger partial charge in [0.05, 0.1) is 0 Å². The second-order valence-electron chi connectivity index (χ2n) is 6.28. The second-order valence-corrected chi connectivity index (χ2v) is 6.28. The molecule has 1 aromatic carbocycles. The molecule has 2 saturated heterocycles. The predicted molar refractivity (Wildman–Crippen MR) is 80.4 cm³/mol. The molecule has 20 heavy (non-hydrogen) atoms. The highest BCUT2D eigenvalue weighted by Gasteiger charge is 2.35. The lowest BCUT2D eigenvalue weighted by molar-refractivity contribution is 0.202. The Hall–Kier alpha value is -1.13. The number of nitrogens with zero attached hydrogens (tertiary/aromatic N) is 2.